The second-order valence-electron chi connectivity index (χ2n) is 6.88. The normalized spacial score (nSPS) is 21.3. The molecule has 0 aliphatic carbocycles. The second-order valence-corrected chi connectivity index (χ2v) is 8.48. The molecule has 2 aliphatic heterocycles. The summed E-state index contributed by atoms with van der Waals surface area (Å²) in [6.07, 6.45) is 1.68. The van der Waals surface area contributed by atoms with Crippen LogP contribution in [0.15, 0.2) is 36.4 Å². The van der Waals surface area contributed by atoms with Crippen molar-refractivity contribution in [2.45, 2.75) is 25.5 Å². The van der Waals surface area contributed by atoms with Gasteiger partial charge >= 0.3 is 0 Å². The molecule has 2 saturated heterocycles. The lowest BCUT2D eigenvalue weighted by molar-refractivity contribution is -0.142. The molecular formula is C20H23ClN2O2S. The minimum atomic E-state index is -0.195. The van der Waals surface area contributed by atoms with Crippen LogP contribution < -0.4 is 0 Å². The zero-order chi connectivity index (χ0) is 17.9. The minimum Gasteiger partial charge on any atom is -0.368 e. The Hall–Kier alpha value is -1.40. The van der Waals surface area contributed by atoms with E-state index in [4.69, 9.17) is 16.3 Å². The fourth-order valence-corrected chi connectivity index (χ4v) is 4.82. The van der Waals surface area contributed by atoms with E-state index in [1.807, 2.05) is 34.4 Å². The highest BCUT2D eigenvalue weighted by Gasteiger charge is 2.30. The van der Waals surface area contributed by atoms with Crippen LogP contribution in [-0.2, 0) is 16.1 Å². The summed E-state index contributed by atoms with van der Waals surface area (Å²) in [6.45, 7) is 5.10. The summed E-state index contributed by atoms with van der Waals surface area (Å²) in [5.41, 5.74) is 1.17. The van der Waals surface area contributed by atoms with Gasteiger partial charge in [0.05, 0.1) is 0 Å². The van der Waals surface area contributed by atoms with Crippen LogP contribution in [0.1, 0.15) is 17.7 Å². The van der Waals surface area contributed by atoms with Crippen LogP contribution in [0.2, 0.25) is 5.02 Å². The van der Waals surface area contributed by atoms with Gasteiger partial charge in [-0.25, -0.2) is 0 Å². The summed E-state index contributed by atoms with van der Waals surface area (Å²) >= 11 is 7.91. The topological polar surface area (TPSA) is 32.8 Å². The smallest absolute Gasteiger partial charge is 0.251 e. The SMILES string of the molecule is O=C([C@@H]1CCCO1)N1CCN(Cc2ccc(-c3cccc(Cl)c3)s2)CC1. The second kappa shape index (κ2) is 8.09. The summed E-state index contributed by atoms with van der Waals surface area (Å²) in [5, 5.41) is 0.768. The van der Waals surface area contributed by atoms with Crippen LogP contribution in [0, 0.1) is 0 Å². The highest BCUT2D eigenvalue weighted by atomic mass is 35.5. The Morgan fingerprint density at radius 1 is 1.19 bits per heavy atom. The Morgan fingerprint density at radius 3 is 2.77 bits per heavy atom. The van der Waals surface area contributed by atoms with Crippen LogP contribution in [-0.4, -0.2) is 54.6 Å². The van der Waals surface area contributed by atoms with Crippen molar-refractivity contribution >= 4 is 28.8 Å². The fourth-order valence-electron chi connectivity index (χ4n) is 3.58. The Bertz CT molecular complexity index is 765. The van der Waals surface area contributed by atoms with Crippen molar-refractivity contribution in [2.24, 2.45) is 0 Å². The maximum Gasteiger partial charge on any atom is 0.251 e. The average Bonchev–Trinajstić information content (AvgIpc) is 3.34. The number of ether oxygens (including phenoxy) is 1. The van der Waals surface area contributed by atoms with E-state index < -0.39 is 0 Å². The number of thiophene rings is 1. The molecule has 1 aromatic heterocycles. The molecule has 2 fully saturated rings. The fraction of sp³-hybridized carbons (Fsp3) is 0.450. The summed E-state index contributed by atoms with van der Waals surface area (Å²) in [4.78, 5) is 19.4. The molecule has 0 saturated carbocycles. The van der Waals surface area contributed by atoms with E-state index in [2.05, 4.69) is 23.1 Å². The summed E-state index contributed by atoms with van der Waals surface area (Å²) in [6, 6.07) is 12.4. The number of hydrogen-bond acceptors (Lipinski definition) is 4. The number of amides is 1. The van der Waals surface area contributed by atoms with E-state index in [0.717, 1.165) is 57.2 Å². The maximum absolute atomic E-state index is 12.4. The van der Waals surface area contributed by atoms with Crippen molar-refractivity contribution in [3.05, 3.63) is 46.3 Å². The van der Waals surface area contributed by atoms with Gasteiger partial charge in [0.25, 0.3) is 5.91 Å². The van der Waals surface area contributed by atoms with E-state index >= 15 is 0 Å². The number of nitrogens with zero attached hydrogens (tertiary/aromatic N) is 2. The molecule has 6 heteroatoms. The predicted octanol–water partition coefficient (Wildman–Crippen LogP) is 3.89. The van der Waals surface area contributed by atoms with Gasteiger partial charge < -0.3 is 9.64 Å². The monoisotopic (exact) mass is 390 g/mol. The number of halogens is 1. The van der Waals surface area contributed by atoms with Crippen LogP contribution in [0.25, 0.3) is 10.4 Å². The van der Waals surface area contributed by atoms with Crippen molar-refractivity contribution in [3.63, 3.8) is 0 Å². The van der Waals surface area contributed by atoms with E-state index in [0.29, 0.717) is 0 Å². The molecule has 1 atom stereocenters. The van der Waals surface area contributed by atoms with Gasteiger partial charge in [0.15, 0.2) is 0 Å². The molecule has 138 valence electrons. The van der Waals surface area contributed by atoms with Crippen LogP contribution in [0.3, 0.4) is 0 Å². The first kappa shape index (κ1) is 18.0. The highest BCUT2D eigenvalue weighted by molar-refractivity contribution is 7.15. The molecule has 4 rings (SSSR count). The molecule has 26 heavy (non-hydrogen) atoms. The lowest BCUT2D eigenvalue weighted by Crippen LogP contribution is -2.50. The summed E-state index contributed by atoms with van der Waals surface area (Å²) in [5.74, 6) is 0.182. The van der Waals surface area contributed by atoms with E-state index in [1.165, 1.54) is 15.3 Å². The molecule has 0 radical (unpaired) electrons. The zero-order valence-electron chi connectivity index (χ0n) is 14.7. The van der Waals surface area contributed by atoms with Crippen molar-refractivity contribution < 1.29 is 9.53 Å². The number of carbonyl (C=O) groups is 1. The Labute approximate surface area is 163 Å². The number of benzene rings is 1. The van der Waals surface area contributed by atoms with Crippen LogP contribution in [0.5, 0.6) is 0 Å². The molecule has 0 N–H and O–H groups in total. The van der Waals surface area contributed by atoms with Gasteiger partial charge in [-0.2, -0.15) is 0 Å². The Kier molecular flexibility index (Phi) is 5.60. The van der Waals surface area contributed by atoms with Gasteiger partial charge in [0.1, 0.15) is 6.10 Å². The Morgan fingerprint density at radius 2 is 2.04 bits per heavy atom. The molecule has 0 spiro atoms. The molecule has 0 bridgehead atoms. The van der Waals surface area contributed by atoms with Gasteiger partial charge in [-0.05, 0) is 42.7 Å². The van der Waals surface area contributed by atoms with Gasteiger partial charge in [-0.1, -0.05) is 23.7 Å². The molecule has 1 aromatic carbocycles. The number of rotatable bonds is 4. The summed E-state index contributed by atoms with van der Waals surface area (Å²) < 4.78 is 5.53. The third kappa shape index (κ3) is 4.12. The molecule has 2 aliphatic rings. The molecule has 0 unspecified atom stereocenters. The van der Waals surface area contributed by atoms with E-state index in [9.17, 15) is 4.79 Å². The molecule has 1 amide bonds. The lowest BCUT2D eigenvalue weighted by Gasteiger charge is -2.35. The molecule has 2 aromatic rings. The largest absolute Gasteiger partial charge is 0.368 e. The molecule has 3 heterocycles. The Balaban J connectivity index is 1.31. The molecular weight excluding hydrogens is 368 g/mol. The lowest BCUT2D eigenvalue weighted by atomic mass is 10.2. The van der Waals surface area contributed by atoms with Crippen molar-refractivity contribution in [2.75, 3.05) is 32.8 Å². The van der Waals surface area contributed by atoms with Crippen LogP contribution >= 0.6 is 22.9 Å². The van der Waals surface area contributed by atoms with E-state index in [1.54, 1.807) is 0 Å². The third-order valence-corrected chi connectivity index (χ3v) is 6.39. The zero-order valence-corrected chi connectivity index (χ0v) is 16.3. The highest BCUT2D eigenvalue weighted by Crippen LogP contribution is 2.30. The number of hydrogen-bond donors (Lipinski definition) is 0. The molecule has 4 nitrogen and oxygen atoms in total. The number of piperazine rings is 1. The first-order chi connectivity index (χ1) is 12.7. The maximum atomic E-state index is 12.4. The standard InChI is InChI=1S/C20H23ClN2O2S/c21-16-4-1-3-15(13-16)19-7-6-17(26-19)14-22-8-10-23(11-9-22)20(24)18-5-2-12-25-18/h1,3-4,6-7,13,18H,2,5,8-12,14H2/t18-/m0/s1. The van der Waals surface area contributed by atoms with Crippen molar-refractivity contribution in [1.82, 2.24) is 9.80 Å². The number of carbonyl (C=O) groups excluding carboxylic acids is 1. The predicted molar refractivity (Wildman–Crippen MR) is 106 cm³/mol. The third-order valence-electron chi connectivity index (χ3n) is 5.04. The summed E-state index contributed by atoms with van der Waals surface area (Å²) in [7, 11) is 0. The van der Waals surface area contributed by atoms with Gasteiger partial charge in [0, 0.05) is 54.1 Å². The first-order valence-corrected chi connectivity index (χ1v) is 10.4. The van der Waals surface area contributed by atoms with Gasteiger partial charge in [-0.3, -0.25) is 9.69 Å². The van der Waals surface area contributed by atoms with Crippen molar-refractivity contribution in [1.29, 1.82) is 0 Å². The quantitative estimate of drug-likeness (QED) is 0.793. The van der Waals surface area contributed by atoms with Crippen molar-refractivity contribution in [3.8, 4) is 10.4 Å². The van der Waals surface area contributed by atoms with Gasteiger partial charge in [-0.15, -0.1) is 11.3 Å². The minimum absolute atomic E-state index is 0.182. The van der Waals surface area contributed by atoms with Crippen LogP contribution in [0.4, 0.5) is 0 Å². The first-order valence-electron chi connectivity index (χ1n) is 9.16. The van der Waals surface area contributed by atoms with E-state index in [-0.39, 0.29) is 12.0 Å². The van der Waals surface area contributed by atoms with Gasteiger partial charge in [0.2, 0.25) is 0 Å². The average molecular weight is 391 g/mol.